The fourth-order valence-electron chi connectivity index (χ4n) is 2.70. The SMILES string of the molecule is CC1C(C)C(O)C(C(C)(C)C)C(O)C1O. The van der Waals surface area contributed by atoms with Crippen molar-refractivity contribution in [1.82, 2.24) is 0 Å². The molecule has 6 unspecified atom stereocenters. The predicted molar refractivity (Wildman–Crippen MR) is 59.3 cm³/mol. The van der Waals surface area contributed by atoms with E-state index in [1.165, 1.54) is 0 Å². The second-order valence-corrected chi connectivity index (χ2v) is 6.08. The molecule has 0 amide bonds. The van der Waals surface area contributed by atoms with Gasteiger partial charge in [-0.1, -0.05) is 34.6 Å². The van der Waals surface area contributed by atoms with Gasteiger partial charge in [-0.15, -0.1) is 0 Å². The zero-order chi connectivity index (χ0) is 12.0. The van der Waals surface area contributed by atoms with Gasteiger partial charge in [0.2, 0.25) is 0 Å². The van der Waals surface area contributed by atoms with Gasteiger partial charge < -0.3 is 15.3 Å². The van der Waals surface area contributed by atoms with E-state index in [1.807, 2.05) is 34.6 Å². The molecule has 1 saturated carbocycles. The van der Waals surface area contributed by atoms with Crippen LogP contribution in [0.3, 0.4) is 0 Å². The summed E-state index contributed by atoms with van der Waals surface area (Å²) in [4.78, 5) is 0. The summed E-state index contributed by atoms with van der Waals surface area (Å²) in [5.74, 6) is -0.306. The Kier molecular flexibility index (Phi) is 3.49. The highest BCUT2D eigenvalue weighted by Gasteiger charge is 2.49. The first-order valence-electron chi connectivity index (χ1n) is 5.72. The van der Waals surface area contributed by atoms with E-state index in [1.54, 1.807) is 0 Å². The van der Waals surface area contributed by atoms with Crippen molar-refractivity contribution >= 4 is 0 Å². The average molecular weight is 216 g/mol. The normalized spacial score (nSPS) is 48.0. The Balaban J connectivity index is 2.97. The van der Waals surface area contributed by atoms with Crippen molar-refractivity contribution in [2.45, 2.75) is 52.9 Å². The number of aliphatic hydroxyl groups is 3. The zero-order valence-electron chi connectivity index (χ0n) is 10.3. The van der Waals surface area contributed by atoms with E-state index in [0.717, 1.165) is 0 Å². The fraction of sp³-hybridized carbons (Fsp3) is 1.00. The second-order valence-electron chi connectivity index (χ2n) is 6.08. The Morgan fingerprint density at radius 2 is 1.13 bits per heavy atom. The van der Waals surface area contributed by atoms with Gasteiger partial charge in [-0.25, -0.2) is 0 Å². The molecule has 3 heteroatoms. The summed E-state index contributed by atoms with van der Waals surface area (Å²) >= 11 is 0. The smallest absolute Gasteiger partial charge is 0.0859 e. The minimum atomic E-state index is -0.828. The summed E-state index contributed by atoms with van der Waals surface area (Å²) in [6.45, 7) is 9.77. The Bertz CT molecular complexity index is 205. The highest BCUT2D eigenvalue weighted by molar-refractivity contribution is 4.98. The lowest BCUT2D eigenvalue weighted by Crippen LogP contribution is -2.57. The van der Waals surface area contributed by atoms with Crippen molar-refractivity contribution in [3.63, 3.8) is 0 Å². The van der Waals surface area contributed by atoms with Crippen LogP contribution in [0.5, 0.6) is 0 Å². The summed E-state index contributed by atoms with van der Waals surface area (Å²) in [5.41, 5.74) is -0.200. The molecule has 90 valence electrons. The van der Waals surface area contributed by atoms with Gasteiger partial charge in [0.1, 0.15) is 0 Å². The lowest BCUT2D eigenvalue weighted by atomic mass is 9.62. The molecule has 6 atom stereocenters. The van der Waals surface area contributed by atoms with Gasteiger partial charge in [-0.05, 0) is 17.3 Å². The predicted octanol–water partition coefficient (Wildman–Crippen LogP) is 1.02. The number of hydrogen-bond donors (Lipinski definition) is 3. The van der Waals surface area contributed by atoms with Crippen molar-refractivity contribution < 1.29 is 15.3 Å². The van der Waals surface area contributed by atoms with E-state index in [0.29, 0.717) is 0 Å². The number of rotatable bonds is 0. The van der Waals surface area contributed by atoms with Crippen LogP contribution in [-0.2, 0) is 0 Å². The van der Waals surface area contributed by atoms with E-state index in [9.17, 15) is 15.3 Å². The highest BCUT2D eigenvalue weighted by Crippen LogP contribution is 2.42. The Morgan fingerprint density at radius 3 is 1.53 bits per heavy atom. The molecule has 0 heterocycles. The van der Waals surface area contributed by atoms with Crippen LogP contribution >= 0.6 is 0 Å². The van der Waals surface area contributed by atoms with Crippen molar-refractivity contribution in [2.24, 2.45) is 23.2 Å². The molecule has 15 heavy (non-hydrogen) atoms. The molecule has 1 rings (SSSR count). The summed E-state index contributed by atoms with van der Waals surface area (Å²) < 4.78 is 0. The topological polar surface area (TPSA) is 60.7 Å². The summed E-state index contributed by atoms with van der Waals surface area (Å²) in [6.07, 6.45) is -2.10. The van der Waals surface area contributed by atoms with Crippen LogP contribution in [0.4, 0.5) is 0 Å². The lowest BCUT2D eigenvalue weighted by molar-refractivity contribution is -0.172. The van der Waals surface area contributed by atoms with Gasteiger partial charge in [0.05, 0.1) is 18.3 Å². The molecule has 0 aromatic heterocycles. The van der Waals surface area contributed by atoms with Gasteiger partial charge >= 0.3 is 0 Å². The molecule has 3 N–H and O–H groups in total. The monoisotopic (exact) mass is 216 g/mol. The van der Waals surface area contributed by atoms with E-state index in [4.69, 9.17) is 0 Å². The Labute approximate surface area is 92.1 Å². The Hall–Kier alpha value is -0.120. The van der Waals surface area contributed by atoms with E-state index in [2.05, 4.69) is 0 Å². The van der Waals surface area contributed by atoms with E-state index >= 15 is 0 Å². The van der Waals surface area contributed by atoms with Crippen molar-refractivity contribution in [3.05, 3.63) is 0 Å². The maximum atomic E-state index is 10.2. The standard InChI is InChI=1S/C12H24O3/c1-6-7(2)10(14)11(15)8(9(6)13)12(3,4)5/h6-11,13-15H,1-5H3. The van der Waals surface area contributed by atoms with Crippen molar-refractivity contribution in [2.75, 3.05) is 0 Å². The molecule has 1 aliphatic carbocycles. The minimum absolute atomic E-state index is 0.0209. The molecule has 0 spiro atoms. The van der Waals surface area contributed by atoms with Gasteiger partial charge in [0.25, 0.3) is 0 Å². The van der Waals surface area contributed by atoms with Crippen molar-refractivity contribution in [1.29, 1.82) is 0 Å². The third-order valence-electron chi connectivity index (χ3n) is 3.99. The quantitative estimate of drug-likeness (QED) is 0.566. The molecule has 1 aliphatic rings. The van der Waals surface area contributed by atoms with Crippen LogP contribution in [-0.4, -0.2) is 33.6 Å². The van der Waals surface area contributed by atoms with Crippen LogP contribution < -0.4 is 0 Å². The van der Waals surface area contributed by atoms with E-state index < -0.39 is 18.3 Å². The zero-order valence-corrected chi connectivity index (χ0v) is 10.3. The fourth-order valence-corrected chi connectivity index (χ4v) is 2.70. The van der Waals surface area contributed by atoms with Gasteiger partial charge in [0, 0.05) is 5.92 Å². The van der Waals surface area contributed by atoms with Crippen LogP contribution in [0.25, 0.3) is 0 Å². The molecule has 0 radical (unpaired) electrons. The maximum Gasteiger partial charge on any atom is 0.0859 e. The molecule has 3 nitrogen and oxygen atoms in total. The highest BCUT2D eigenvalue weighted by atomic mass is 16.3. The largest absolute Gasteiger partial charge is 0.392 e. The first-order valence-corrected chi connectivity index (χ1v) is 5.72. The van der Waals surface area contributed by atoms with Crippen LogP contribution in [0.15, 0.2) is 0 Å². The van der Waals surface area contributed by atoms with Gasteiger partial charge in [0.15, 0.2) is 0 Å². The molecular formula is C12H24O3. The first-order chi connectivity index (χ1) is 6.68. The van der Waals surface area contributed by atoms with Gasteiger partial charge in [-0.3, -0.25) is 0 Å². The van der Waals surface area contributed by atoms with Crippen LogP contribution in [0.2, 0.25) is 0 Å². The average Bonchev–Trinajstić information content (AvgIpc) is 2.09. The molecule has 0 saturated heterocycles. The molecule has 0 aromatic carbocycles. The molecular weight excluding hydrogens is 192 g/mol. The first kappa shape index (κ1) is 12.9. The number of aliphatic hydroxyl groups excluding tert-OH is 3. The third-order valence-corrected chi connectivity index (χ3v) is 3.99. The van der Waals surface area contributed by atoms with Crippen LogP contribution in [0, 0.1) is 23.2 Å². The summed E-state index contributed by atoms with van der Waals surface area (Å²) in [7, 11) is 0. The van der Waals surface area contributed by atoms with Gasteiger partial charge in [-0.2, -0.15) is 0 Å². The third kappa shape index (κ3) is 2.19. The number of hydrogen-bond acceptors (Lipinski definition) is 3. The summed E-state index contributed by atoms with van der Waals surface area (Å²) in [6, 6.07) is 0. The van der Waals surface area contributed by atoms with Crippen molar-refractivity contribution in [3.8, 4) is 0 Å². The molecule has 1 fully saturated rings. The molecule has 0 aromatic rings. The van der Waals surface area contributed by atoms with E-state index in [-0.39, 0.29) is 23.2 Å². The molecule has 0 bridgehead atoms. The summed E-state index contributed by atoms with van der Waals surface area (Å²) in [5, 5.41) is 30.1. The minimum Gasteiger partial charge on any atom is -0.392 e. The maximum absolute atomic E-state index is 10.2. The molecule has 0 aliphatic heterocycles. The van der Waals surface area contributed by atoms with Crippen LogP contribution in [0.1, 0.15) is 34.6 Å². The second kappa shape index (κ2) is 4.04. The Morgan fingerprint density at radius 1 is 0.733 bits per heavy atom. The lowest BCUT2D eigenvalue weighted by Gasteiger charge is -2.49.